The Kier molecular flexibility index (Phi) is 5.51. The minimum atomic E-state index is -0.510. The van der Waals surface area contributed by atoms with Crippen molar-refractivity contribution < 1.29 is 18.9 Å². The van der Waals surface area contributed by atoms with Gasteiger partial charge in [0.1, 0.15) is 29.7 Å². The highest BCUT2D eigenvalue weighted by Crippen LogP contribution is 2.27. The Balaban J connectivity index is 1.88. The molecule has 0 bridgehead atoms. The third-order valence-corrected chi connectivity index (χ3v) is 4.88. The fraction of sp³-hybridized carbons (Fsp3) is 0.211. The Labute approximate surface area is 159 Å². The molecule has 0 aliphatic heterocycles. The van der Waals surface area contributed by atoms with Crippen molar-refractivity contribution in [1.82, 2.24) is 0 Å². The van der Waals surface area contributed by atoms with Crippen LogP contribution in [0.4, 0.5) is 4.39 Å². The van der Waals surface area contributed by atoms with E-state index in [4.69, 9.17) is 32.4 Å². The second-order valence-corrected chi connectivity index (χ2v) is 6.78. The van der Waals surface area contributed by atoms with Gasteiger partial charge in [-0.2, -0.15) is 0 Å². The van der Waals surface area contributed by atoms with Crippen molar-refractivity contribution in [2.75, 3.05) is 7.11 Å². The summed E-state index contributed by atoms with van der Waals surface area (Å²) in [6.07, 6.45) is 0. The largest absolute Gasteiger partial charge is 0.497 e. The van der Waals surface area contributed by atoms with E-state index in [1.54, 1.807) is 19.2 Å². The average molecular weight is 397 g/mol. The highest BCUT2D eigenvalue weighted by Gasteiger charge is 2.17. The monoisotopic (exact) mass is 396 g/mol. The molecule has 0 amide bonds. The summed E-state index contributed by atoms with van der Waals surface area (Å²) in [4.78, 5) is 11.8. The average Bonchev–Trinajstić information content (AvgIpc) is 2.61. The fourth-order valence-electron chi connectivity index (χ4n) is 2.82. The molecule has 0 saturated carbocycles. The molecule has 2 N–H and O–H groups in total. The maximum Gasteiger partial charge on any atom is 0.336 e. The van der Waals surface area contributed by atoms with Gasteiger partial charge >= 0.3 is 5.63 Å². The fourth-order valence-corrected chi connectivity index (χ4v) is 3.38. The van der Waals surface area contributed by atoms with E-state index >= 15 is 0 Å². The predicted molar refractivity (Wildman–Crippen MR) is 99.5 cm³/mol. The van der Waals surface area contributed by atoms with Crippen LogP contribution >= 0.6 is 23.2 Å². The molecule has 2 aromatic carbocycles. The van der Waals surface area contributed by atoms with Crippen LogP contribution in [0.1, 0.15) is 24.1 Å². The molecule has 0 fully saturated rings. The van der Waals surface area contributed by atoms with Gasteiger partial charge in [-0.15, -0.1) is 0 Å². The zero-order valence-electron chi connectivity index (χ0n) is 14.2. The number of hydrogen-bond acceptors (Lipinski definition) is 3. The normalized spacial score (nSPS) is 12.3. The van der Waals surface area contributed by atoms with E-state index < -0.39 is 11.4 Å². The first-order chi connectivity index (χ1) is 12.4. The standard InChI is InChI=1S/C19H16Cl2FNO3/c1-10(14-7-17(22)16(21)8-15(14)20)23-9-11-5-19(24)26-18-6-12(25-2)3-4-13(11)18/h3-8,10,23H,9H2,1-2H3/p+1/t10-/m0/s1. The van der Waals surface area contributed by atoms with Crippen molar-refractivity contribution in [3.8, 4) is 5.75 Å². The number of fused-ring (bicyclic) bond motifs is 1. The molecule has 0 aliphatic carbocycles. The van der Waals surface area contributed by atoms with Gasteiger partial charge in [0.25, 0.3) is 0 Å². The Bertz CT molecular complexity index is 1020. The van der Waals surface area contributed by atoms with Crippen molar-refractivity contribution >= 4 is 34.2 Å². The molecule has 4 nitrogen and oxygen atoms in total. The molecule has 0 radical (unpaired) electrons. The van der Waals surface area contributed by atoms with Crippen molar-refractivity contribution in [3.63, 3.8) is 0 Å². The number of benzene rings is 2. The lowest BCUT2D eigenvalue weighted by atomic mass is 10.1. The maximum atomic E-state index is 13.7. The van der Waals surface area contributed by atoms with Crippen molar-refractivity contribution in [1.29, 1.82) is 0 Å². The first-order valence-electron chi connectivity index (χ1n) is 7.97. The molecule has 1 aromatic heterocycles. The number of quaternary nitrogens is 1. The van der Waals surface area contributed by atoms with Gasteiger partial charge in [-0.3, -0.25) is 0 Å². The minimum Gasteiger partial charge on any atom is -0.497 e. The Morgan fingerprint density at radius 1 is 1.19 bits per heavy atom. The highest BCUT2D eigenvalue weighted by molar-refractivity contribution is 6.35. The van der Waals surface area contributed by atoms with Gasteiger partial charge in [0.05, 0.1) is 17.2 Å². The molecule has 3 aromatic rings. The molecular formula is C19H17Cl2FNO3+. The zero-order chi connectivity index (χ0) is 18.8. The topological polar surface area (TPSA) is 56.0 Å². The van der Waals surface area contributed by atoms with Gasteiger partial charge < -0.3 is 14.5 Å². The third kappa shape index (κ3) is 3.85. The van der Waals surface area contributed by atoms with Crippen LogP contribution in [0.2, 0.25) is 10.0 Å². The summed E-state index contributed by atoms with van der Waals surface area (Å²) in [5.74, 6) is 0.0998. The number of methoxy groups -OCH3 is 1. The molecule has 7 heteroatoms. The molecule has 0 spiro atoms. The lowest BCUT2D eigenvalue weighted by Crippen LogP contribution is -2.83. The van der Waals surface area contributed by atoms with E-state index in [-0.39, 0.29) is 11.1 Å². The number of ether oxygens (including phenoxy) is 1. The maximum absolute atomic E-state index is 13.7. The van der Waals surface area contributed by atoms with Crippen molar-refractivity contribution in [2.45, 2.75) is 19.5 Å². The van der Waals surface area contributed by atoms with E-state index in [9.17, 15) is 9.18 Å². The smallest absolute Gasteiger partial charge is 0.336 e. The number of nitrogens with two attached hydrogens (primary N) is 1. The first kappa shape index (κ1) is 18.7. The van der Waals surface area contributed by atoms with Crippen LogP contribution in [0.5, 0.6) is 5.75 Å². The van der Waals surface area contributed by atoms with E-state index in [0.717, 1.165) is 10.9 Å². The highest BCUT2D eigenvalue weighted by atomic mass is 35.5. The summed E-state index contributed by atoms with van der Waals surface area (Å²) in [5, 5.41) is 3.18. The molecule has 3 rings (SSSR count). The van der Waals surface area contributed by atoms with Crippen molar-refractivity contribution in [2.24, 2.45) is 0 Å². The van der Waals surface area contributed by atoms with E-state index in [2.05, 4.69) is 0 Å². The van der Waals surface area contributed by atoms with Crippen LogP contribution in [-0.2, 0) is 6.54 Å². The summed E-state index contributed by atoms with van der Waals surface area (Å²) in [6, 6.07) is 9.40. The second-order valence-electron chi connectivity index (χ2n) is 5.97. The second kappa shape index (κ2) is 7.66. The van der Waals surface area contributed by atoms with Gasteiger partial charge in [0, 0.05) is 28.6 Å². The number of rotatable bonds is 5. The van der Waals surface area contributed by atoms with Crippen LogP contribution in [0.25, 0.3) is 11.0 Å². The van der Waals surface area contributed by atoms with Crippen LogP contribution in [-0.4, -0.2) is 7.11 Å². The van der Waals surface area contributed by atoms with Gasteiger partial charge in [-0.05, 0) is 31.2 Å². The quantitative estimate of drug-likeness (QED) is 0.522. The van der Waals surface area contributed by atoms with Crippen LogP contribution < -0.4 is 15.7 Å². The molecule has 0 unspecified atom stereocenters. The minimum absolute atomic E-state index is 0.00782. The van der Waals surface area contributed by atoms with E-state index in [1.165, 1.54) is 18.2 Å². The van der Waals surface area contributed by atoms with Crippen LogP contribution in [0, 0.1) is 5.82 Å². The molecule has 1 heterocycles. The summed E-state index contributed by atoms with van der Waals surface area (Å²) in [7, 11) is 1.55. The number of halogens is 3. The molecule has 26 heavy (non-hydrogen) atoms. The van der Waals surface area contributed by atoms with E-state index in [0.29, 0.717) is 28.5 Å². The molecule has 136 valence electrons. The Morgan fingerprint density at radius 3 is 2.69 bits per heavy atom. The summed E-state index contributed by atoms with van der Waals surface area (Å²) >= 11 is 11.9. The molecular weight excluding hydrogens is 380 g/mol. The van der Waals surface area contributed by atoms with E-state index in [1.807, 2.05) is 18.3 Å². The lowest BCUT2D eigenvalue weighted by Gasteiger charge is -2.14. The summed E-state index contributed by atoms with van der Waals surface area (Å²) in [6.45, 7) is 2.40. The van der Waals surface area contributed by atoms with Crippen molar-refractivity contribution in [3.05, 3.63) is 73.8 Å². The molecule has 0 saturated heterocycles. The van der Waals surface area contributed by atoms with Crippen LogP contribution in [0.15, 0.2) is 45.6 Å². The molecule has 0 aliphatic rings. The number of hydrogen-bond donors (Lipinski definition) is 1. The van der Waals surface area contributed by atoms with Gasteiger partial charge in [-0.25, -0.2) is 9.18 Å². The van der Waals surface area contributed by atoms with Crippen LogP contribution in [0.3, 0.4) is 0 Å². The zero-order valence-corrected chi connectivity index (χ0v) is 15.7. The molecule has 1 atom stereocenters. The summed E-state index contributed by atoms with van der Waals surface area (Å²) in [5.41, 5.74) is 1.49. The lowest BCUT2D eigenvalue weighted by molar-refractivity contribution is -0.707. The third-order valence-electron chi connectivity index (χ3n) is 4.26. The van der Waals surface area contributed by atoms with Gasteiger partial charge in [-0.1, -0.05) is 23.2 Å². The SMILES string of the molecule is COc1ccc2c(C[NH2+][C@@H](C)c3cc(F)c(Cl)cc3Cl)cc(=O)oc2c1. The summed E-state index contributed by atoms with van der Waals surface area (Å²) < 4.78 is 24.2. The predicted octanol–water partition coefficient (Wildman–Crippen LogP) is 4.07. The van der Waals surface area contributed by atoms with Gasteiger partial charge in [0.15, 0.2) is 0 Å². The Hall–Kier alpha value is -2.08. The first-order valence-corrected chi connectivity index (χ1v) is 8.73. The van der Waals surface area contributed by atoms with Gasteiger partial charge in [0.2, 0.25) is 0 Å². The Morgan fingerprint density at radius 2 is 1.96 bits per heavy atom.